The Morgan fingerprint density at radius 1 is 1.19 bits per heavy atom. The number of pyridine rings is 1. The second-order valence-electron chi connectivity index (χ2n) is 4.74. The number of nitrogens with one attached hydrogen (secondary N) is 1. The van der Waals surface area contributed by atoms with Crippen molar-refractivity contribution in [2.75, 3.05) is 23.3 Å². The van der Waals surface area contributed by atoms with Crippen molar-refractivity contribution in [3.05, 3.63) is 54.2 Å². The van der Waals surface area contributed by atoms with E-state index in [2.05, 4.69) is 17.2 Å². The lowest BCUT2D eigenvalue weighted by molar-refractivity contribution is 0.0988. The molecule has 4 heteroatoms. The zero-order valence-corrected chi connectivity index (χ0v) is 12.5. The van der Waals surface area contributed by atoms with Gasteiger partial charge in [-0.3, -0.25) is 4.79 Å². The molecule has 1 aromatic carbocycles. The first-order valence-electron chi connectivity index (χ1n) is 7.33. The smallest absolute Gasteiger partial charge is 0.258 e. The maximum absolute atomic E-state index is 12.7. The minimum Gasteiger partial charge on any atom is -0.370 e. The van der Waals surface area contributed by atoms with Crippen molar-refractivity contribution in [3.8, 4) is 0 Å². The summed E-state index contributed by atoms with van der Waals surface area (Å²) in [6, 6.07) is 13.3. The lowest BCUT2D eigenvalue weighted by Crippen LogP contribution is -2.30. The van der Waals surface area contributed by atoms with Crippen molar-refractivity contribution in [3.63, 3.8) is 0 Å². The molecule has 0 unspecified atom stereocenters. The van der Waals surface area contributed by atoms with E-state index in [-0.39, 0.29) is 5.91 Å². The molecule has 2 rings (SSSR count). The normalized spacial score (nSPS) is 10.2. The highest BCUT2D eigenvalue weighted by Crippen LogP contribution is 2.17. The average Bonchev–Trinajstić information content (AvgIpc) is 2.55. The molecule has 4 nitrogen and oxygen atoms in total. The molecule has 0 atom stereocenters. The standard InChI is InChI=1S/C17H21N3O/c1-3-11-18-16-13-14(10-12-19-16)17(21)20(4-2)15-8-6-5-7-9-15/h5-10,12-13H,3-4,11H2,1-2H3,(H,18,19). The van der Waals surface area contributed by atoms with Gasteiger partial charge in [-0.25, -0.2) is 4.98 Å². The molecule has 0 bridgehead atoms. The van der Waals surface area contributed by atoms with Gasteiger partial charge in [-0.2, -0.15) is 0 Å². The zero-order valence-electron chi connectivity index (χ0n) is 12.5. The van der Waals surface area contributed by atoms with Crippen molar-refractivity contribution in [1.82, 2.24) is 4.98 Å². The van der Waals surface area contributed by atoms with E-state index in [0.717, 1.165) is 24.5 Å². The van der Waals surface area contributed by atoms with Crippen molar-refractivity contribution in [2.24, 2.45) is 0 Å². The molecule has 0 aliphatic rings. The van der Waals surface area contributed by atoms with Crippen LogP contribution in [-0.4, -0.2) is 24.0 Å². The van der Waals surface area contributed by atoms with E-state index in [0.29, 0.717) is 12.1 Å². The van der Waals surface area contributed by atoms with Crippen LogP contribution in [0.3, 0.4) is 0 Å². The summed E-state index contributed by atoms with van der Waals surface area (Å²) in [6.07, 6.45) is 2.69. The molecule has 0 saturated carbocycles. The Labute approximate surface area is 125 Å². The van der Waals surface area contributed by atoms with Gasteiger partial charge in [0.25, 0.3) is 5.91 Å². The Kier molecular flexibility index (Phi) is 5.32. The van der Waals surface area contributed by atoms with E-state index < -0.39 is 0 Å². The minimum atomic E-state index is -0.00866. The molecule has 0 fully saturated rings. The predicted octanol–water partition coefficient (Wildman–Crippen LogP) is 3.57. The van der Waals surface area contributed by atoms with Crippen LogP contribution in [0.2, 0.25) is 0 Å². The Morgan fingerprint density at radius 3 is 2.62 bits per heavy atom. The van der Waals surface area contributed by atoms with Crippen LogP contribution in [0.5, 0.6) is 0 Å². The van der Waals surface area contributed by atoms with Crippen LogP contribution in [0.1, 0.15) is 30.6 Å². The summed E-state index contributed by atoms with van der Waals surface area (Å²) < 4.78 is 0. The third kappa shape index (κ3) is 3.81. The summed E-state index contributed by atoms with van der Waals surface area (Å²) in [5, 5.41) is 3.20. The molecule has 0 spiro atoms. The van der Waals surface area contributed by atoms with Gasteiger partial charge in [0.05, 0.1) is 0 Å². The number of benzene rings is 1. The number of hydrogen-bond acceptors (Lipinski definition) is 3. The highest BCUT2D eigenvalue weighted by molar-refractivity contribution is 6.06. The summed E-state index contributed by atoms with van der Waals surface area (Å²) >= 11 is 0. The quantitative estimate of drug-likeness (QED) is 0.881. The number of anilines is 2. The number of carbonyl (C=O) groups is 1. The van der Waals surface area contributed by atoms with E-state index in [1.54, 1.807) is 17.2 Å². The average molecular weight is 283 g/mol. The maximum Gasteiger partial charge on any atom is 0.258 e. The molecule has 0 aliphatic carbocycles. The van der Waals surface area contributed by atoms with E-state index in [1.165, 1.54) is 0 Å². The highest BCUT2D eigenvalue weighted by Gasteiger charge is 2.16. The van der Waals surface area contributed by atoms with Crippen molar-refractivity contribution >= 4 is 17.4 Å². The highest BCUT2D eigenvalue weighted by atomic mass is 16.2. The van der Waals surface area contributed by atoms with Gasteiger partial charge in [0.15, 0.2) is 0 Å². The second kappa shape index (κ2) is 7.43. The summed E-state index contributed by atoms with van der Waals surface area (Å²) in [6.45, 7) is 5.54. The number of hydrogen-bond donors (Lipinski definition) is 1. The van der Waals surface area contributed by atoms with E-state index in [1.807, 2.05) is 43.3 Å². The summed E-state index contributed by atoms with van der Waals surface area (Å²) in [7, 11) is 0. The Bertz CT molecular complexity index is 584. The van der Waals surface area contributed by atoms with Crippen LogP contribution in [0.15, 0.2) is 48.7 Å². The molecule has 1 heterocycles. The number of amides is 1. The van der Waals surface area contributed by atoms with Crippen LogP contribution in [0, 0.1) is 0 Å². The third-order valence-electron chi connectivity index (χ3n) is 3.19. The summed E-state index contributed by atoms with van der Waals surface area (Å²) in [5.41, 5.74) is 1.55. The van der Waals surface area contributed by atoms with Crippen LogP contribution in [0.4, 0.5) is 11.5 Å². The molecule has 1 amide bonds. The fraction of sp³-hybridized carbons (Fsp3) is 0.294. The molecule has 21 heavy (non-hydrogen) atoms. The van der Waals surface area contributed by atoms with Gasteiger partial charge in [0.1, 0.15) is 5.82 Å². The predicted molar refractivity (Wildman–Crippen MR) is 86.8 cm³/mol. The number of rotatable bonds is 6. The Balaban J connectivity index is 2.21. The fourth-order valence-corrected chi connectivity index (χ4v) is 2.12. The molecule has 1 N–H and O–H groups in total. The Morgan fingerprint density at radius 2 is 1.95 bits per heavy atom. The first-order valence-corrected chi connectivity index (χ1v) is 7.33. The minimum absolute atomic E-state index is 0.00866. The largest absolute Gasteiger partial charge is 0.370 e. The van der Waals surface area contributed by atoms with Crippen LogP contribution in [0.25, 0.3) is 0 Å². The Hall–Kier alpha value is -2.36. The fourth-order valence-electron chi connectivity index (χ4n) is 2.12. The molecular weight excluding hydrogens is 262 g/mol. The van der Waals surface area contributed by atoms with Gasteiger partial charge in [-0.1, -0.05) is 25.1 Å². The van der Waals surface area contributed by atoms with E-state index in [4.69, 9.17) is 0 Å². The van der Waals surface area contributed by atoms with Gasteiger partial charge in [0.2, 0.25) is 0 Å². The van der Waals surface area contributed by atoms with Crippen molar-refractivity contribution in [2.45, 2.75) is 20.3 Å². The molecule has 2 aromatic rings. The van der Waals surface area contributed by atoms with E-state index in [9.17, 15) is 4.79 Å². The SMILES string of the molecule is CCCNc1cc(C(=O)N(CC)c2ccccc2)ccn1. The number of para-hydroxylation sites is 1. The molecule has 0 radical (unpaired) electrons. The van der Waals surface area contributed by atoms with Crippen molar-refractivity contribution < 1.29 is 4.79 Å². The topological polar surface area (TPSA) is 45.2 Å². The number of carbonyl (C=O) groups excluding carboxylic acids is 1. The number of nitrogens with zero attached hydrogens (tertiary/aromatic N) is 2. The number of aromatic nitrogens is 1. The third-order valence-corrected chi connectivity index (χ3v) is 3.19. The van der Waals surface area contributed by atoms with Gasteiger partial charge >= 0.3 is 0 Å². The lowest BCUT2D eigenvalue weighted by Gasteiger charge is -2.21. The molecule has 0 saturated heterocycles. The second-order valence-corrected chi connectivity index (χ2v) is 4.74. The zero-order chi connectivity index (χ0) is 15.1. The van der Waals surface area contributed by atoms with Crippen molar-refractivity contribution in [1.29, 1.82) is 0 Å². The first kappa shape index (κ1) is 15.0. The molecule has 0 aliphatic heterocycles. The van der Waals surface area contributed by atoms with Gasteiger partial charge < -0.3 is 10.2 Å². The van der Waals surface area contributed by atoms with Crippen LogP contribution >= 0.6 is 0 Å². The van der Waals surface area contributed by atoms with Gasteiger partial charge in [-0.05, 0) is 37.6 Å². The van der Waals surface area contributed by atoms with Crippen LogP contribution in [-0.2, 0) is 0 Å². The monoisotopic (exact) mass is 283 g/mol. The molecular formula is C17H21N3O. The molecule has 1 aromatic heterocycles. The van der Waals surface area contributed by atoms with E-state index >= 15 is 0 Å². The lowest BCUT2D eigenvalue weighted by atomic mass is 10.2. The maximum atomic E-state index is 12.7. The van der Waals surface area contributed by atoms with Gasteiger partial charge in [-0.15, -0.1) is 0 Å². The summed E-state index contributed by atoms with van der Waals surface area (Å²) in [5.74, 6) is 0.734. The first-order chi connectivity index (χ1) is 10.3. The molecule has 110 valence electrons. The van der Waals surface area contributed by atoms with Gasteiger partial charge in [0, 0.05) is 30.5 Å². The summed E-state index contributed by atoms with van der Waals surface area (Å²) in [4.78, 5) is 18.7. The van der Waals surface area contributed by atoms with Crippen LogP contribution < -0.4 is 10.2 Å².